The molecule has 1 saturated heterocycles. The number of nitrogens with one attached hydrogen (secondary N) is 1. The molecule has 0 aromatic heterocycles. The minimum Gasteiger partial charge on any atom is -0.482 e. The van der Waals surface area contributed by atoms with Crippen LogP contribution in [0.1, 0.15) is 19.3 Å². The summed E-state index contributed by atoms with van der Waals surface area (Å²) in [6.45, 7) is 3.76. The van der Waals surface area contributed by atoms with Gasteiger partial charge in [-0.15, -0.1) is 0 Å². The summed E-state index contributed by atoms with van der Waals surface area (Å²) in [4.78, 5) is 13.1. The Morgan fingerprint density at radius 2 is 1.85 bits per heavy atom. The van der Waals surface area contributed by atoms with Crippen LogP contribution >= 0.6 is 15.9 Å². The average molecular weight is 343 g/mol. The third-order valence-corrected chi connectivity index (χ3v) is 3.98. The number of likely N-dealkylation sites (tertiary alicyclic amines) is 1. The molecule has 1 heterocycles. The van der Waals surface area contributed by atoms with E-state index in [1.165, 1.54) is 37.3 Å². The minimum atomic E-state index is -0.302. The van der Waals surface area contributed by atoms with Crippen LogP contribution in [0.15, 0.2) is 28.7 Å². The van der Waals surface area contributed by atoms with Gasteiger partial charge in [-0.25, -0.2) is 4.79 Å². The van der Waals surface area contributed by atoms with Gasteiger partial charge in [-0.3, -0.25) is 0 Å². The van der Waals surface area contributed by atoms with Crippen LogP contribution in [-0.4, -0.2) is 38.8 Å². The Hall–Kier alpha value is -1.07. The van der Waals surface area contributed by atoms with Gasteiger partial charge >= 0.3 is 5.97 Å². The van der Waals surface area contributed by atoms with Crippen molar-refractivity contribution in [2.24, 2.45) is 0 Å². The maximum Gasteiger partial charge on any atom is 0.344 e. The Balaban J connectivity index is 1.59. The fourth-order valence-corrected chi connectivity index (χ4v) is 2.59. The summed E-state index contributed by atoms with van der Waals surface area (Å²) < 4.78 is 11.5. The number of hydrogen-bond acceptors (Lipinski definition) is 3. The van der Waals surface area contributed by atoms with Gasteiger partial charge in [0.1, 0.15) is 18.9 Å². The zero-order chi connectivity index (χ0) is 14.2. The Morgan fingerprint density at radius 1 is 1.15 bits per heavy atom. The lowest BCUT2D eigenvalue weighted by Gasteiger charge is -2.23. The number of benzene rings is 1. The highest BCUT2D eigenvalue weighted by Gasteiger charge is 2.14. The van der Waals surface area contributed by atoms with E-state index in [1.807, 2.05) is 24.3 Å². The average Bonchev–Trinajstić information content (AvgIpc) is 2.48. The fourth-order valence-electron chi connectivity index (χ4n) is 2.33. The van der Waals surface area contributed by atoms with Gasteiger partial charge in [-0.05, 0) is 43.5 Å². The van der Waals surface area contributed by atoms with E-state index in [0.717, 1.165) is 11.0 Å². The van der Waals surface area contributed by atoms with E-state index in [-0.39, 0.29) is 12.6 Å². The molecule has 0 saturated carbocycles. The summed E-state index contributed by atoms with van der Waals surface area (Å²) in [5, 5.41) is 0. The van der Waals surface area contributed by atoms with E-state index in [9.17, 15) is 4.79 Å². The molecule has 4 nitrogen and oxygen atoms in total. The standard InChI is InChI=1S/C15H20BrNO3/c16-13-4-6-14(7-5-13)20-12-15(18)19-11-10-17-8-2-1-3-9-17/h4-7H,1-3,8-12H2/p+1. The zero-order valence-corrected chi connectivity index (χ0v) is 13.2. The van der Waals surface area contributed by atoms with Crippen LogP contribution in [0.4, 0.5) is 0 Å². The first kappa shape index (κ1) is 15.3. The molecule has 1 fully saturated rings. The summed E-state index contributed by atoms with van der Waals surface area (Å²) in [6.07, 6.45) is 3.91. The number of esters is 1. The minimum absolute atomic E-state index is 0.0308. The second-order valence-electron chi connectivity index (χ2n) is 5.02. The molecule has 0 aliphatic carbocycles. The van der Waals surface area contributed by atoms with Gasteiger partial charge in [0.15, 0.2) is 6.61 Å². The topological polar surface area (TPSA) is 40.0 Å². The van der Waals surface area contributed by atoms with Crippen molar-refractivity contribution < 1.29 is 19.2 Å². The third-order valence-electron chi connectivity index (χ3n) is 3.45. The number of rotatable bonds is 6. The van der Waals surface area contributed by atoms with Gasteiger partial charge < -0.3 is 14.4 Å². The lowest BCUT2D eigenvalue weighted by molar-refractivity contribution is -0.905. The Bertz CT molecular complexity index is 416. The van der Waals surface area contributed by atoms with Crippen molar-refractivity contribution in [1.82, 2.24) is 0 Å². The molecule has 1 aromatic rings. The highest BCUT2D eigenvalue weighted by Crippen LogP contribution is 2.15. The molecule has 1 aromatic carbocycles. The highest BCUT2D eigenvalue weighted by atomic mass is 79.9. The van der Waals surface area contributed by atoms with Gasteiger partial charge in [-0.2, -0.15) is 0 Å². The molecular formula is C15H21BrNO3+. The highest BCUT2D eigenvalue weighted by molar-refractivity contribution is 9.10. The maximum absolute atomic E-state index is 11.6. The number of ether oxygens (including phenoxy) is 2. The Kier molecular flexibility index (Phi) is 6.33. The number of piperidine rings is 1. The van der Waals surface area contributed by atoms with Crippen molar-refractivity contribution in [2.75, 3.05) is 32.8 Å². The normalized spacial score (nSPS) is 15.8. The quantitative estimate of drug-likeness (QED) is 0.795. The third kappa shape index (κ3) is 5.51. The molecule has 0 spiro atoms. The van der Waals surface area contributed by atoms with Crippen molar-refractivity contribution in [1.29, 1.82) is 0 Å². The lowest BCUT2D eigenvalue weighted by atomic mass is 10.1. The van der Waals surface area contributed by atoms with Crippen LogP contribution in [-0.2, 0) is 9.53 Å². The number of quaternary nitrogens is 1. The van der Waals surface area contributed by atoms with Gasteiger partial charge in [0.05, 0.1) is 13.1 Å². The molecule has 2 rings (SSSR count). The van der Waals surface area contributed by atoms with E-state index in [0.29, 0.717) is 12.4 Å². The van der Waals surface area contributed by atoms with Crippen molar-refractivity contribution in [3.8, 4) is 5.75 Å². The molecule has 5 heteroatoms. The van der Waals surface area contributed by atoms with Crippen LogP contribution in [0.5, 0.6) is 5.75 Å². The largest absolute Gasteiger partial charge is 0.482 e. The second-order valence-corrected chi connectivity index (χ2v) is 5.94. The van der Waals surface area contributed by atoms with Crippen LogP contribution in [0.2, 0.25) is 0 Å². The van der Waals surface area contributed by atoms with Crippen molar-refractivity contribution in [3.05, 3.63) is 28.7 Å². The van der Waals surface area contributed by atoms with Crippen LogP contribution < -0.4 is 9.64 Å². The summed E-state index contributed by atoms with van der Waals surface area (Å²) in [5.41, 5.74) is 0. The molecule has 1 aliphatic rings. The molecule has 0 unspecified atom stereocenters. The molecule has 1 aliphatic heterocycles. The predicted molar refractivity (Wildman–Crippen MR) is 80.0 cm³/mol. The van der Waals surface area contributed by atoms with Crippen molar-refractivity contribution in [3.63, 3.8) is 0 Å². The fraction of sp³-hybridized carbons (Fsp3) is 0.533. The molecule has 0 atom stereocenters. The Labute approximate surface area is 128 Å². The summed E-state index contributed by atoms with van der Waals surface area (Å²) in [7, 11) is 0. The van der Waals surface area contributed by atoms with E-state index in [4.69, 9.17) is 9.47 Å². The lowest BCUT2D eigenvalue weighted by Crippen LogP contribution is -3.13. The van der Waals surface area contributed by atoms with Gasteiger partial charge in [0.25, 0.3) is 0 Å². The number of carbonyl (C=O) groups is 1. The van der Waals surface area contributed by atoms with Crippen LogP contribution in [0.25, 0.3) is 0 Å². The van der Waals surface area contributed by atoms with Crippen molar-refractivity contribution >= 4 is 21.9 Å². The maximum atomic E-state index is 11.6. The molecule has 110 valence electrons. The van der Waals surface area contributed by atoms with E-state index in [2.05, 4.69) is 15.9 Å². The molecule has 0 radical (unpaired) electrons. The molecule has 0 bridgehead atoms. The Morgan fingerprint density at radius 3 is 2.55 bits per heavy atom. The number of hydrogen-bond donors (Lipinski definition) is 1. The summed E-state index contributed by atoms with van der Waals surface area (Å²) in [5.74, 6) is 0.371. The SMILES string of the molecule is O=C(COc1ccc(Br)cc1)OCC[NH+]1CCCCC1. The van der Waals surface area contributed by atoms with E-state index < -0.39 is 0 Å². The zero-order valence-electron chi connectivity index (χ0n) is 11.6. The number of halogens is 1. The monoisotopic (exact) mass is 342 g/mol. The van der Waals surface area contributed by atoms with Crippen molar-refractivity contribution in [2.45, 2.75) is 19.3 Å². The van der Waals surface area contributed by atoms with Crippen LogP contribution in [0.3, 0.4) is 0 Å². The number of carbonyl (C=O) groups excluding carboxylic acids is 1. The molecule has 20 heavy (non-hydrogen) atoms. The second kappa shape index (κ2) is 8.27. The van der Waals surface area contributed by atoms with Crippen LogP contribution in [0, 0.1) is 0 Å². The molecule has 0 amide bonds. The van der Waals surface area contributed by atoms with Gasteiger partial charge in [0.2, 0.25) is 0 Å². The smallest absolute Gasteiger partial charge is 0.344 e. The first-order chi connectivity index (χ1) is 9.74. The van der Waals surface area contributed by atoms with E-state index in [1.54, 1.807) is 0 Å². The van der Waals surface area contributed by atoms with E-state index >= 15 is 0 Å². The molecular weight excluding hydrogens is 322 g/mol. The summed E-state index contributed by atoms with van der Waals surface area (Å²) >= 11 is 3.35. The first-order valence-electron chi connectivity index (χ1n) is 7.11. The summed E-state index contributed by atoms with van der Waals surface area (Å²) in [6, 6.07) is 7.38. The molecule has 1 N–H and O–H groups in total. The van der Waals surface area contributed by atoms with Gasteiger partial charge in [0, 0.05) is 4.47 Å². The van der Waals surface area contributed by atoms with Gasteiger partial charge in [-0.1, -0.05) is 15.9 Å². The predicted octanol–water partition coefficient (Wildman–Crippen LogP) is 1.44. The first-order valence-corrected chi connectivity index (χ1v) is 7.91.